The average Bonchev–Trinajstić information content (AvgIpc) is 2.53. The van der Waals surface area contributed by atoms with Gasteiger partial charge in [-0.15, -0.1) is 0 Å². The highest BCUT2D eigenvalue weighted by Crippen LogP contribution is 2.42. The third-order valence-electron chi connectivity index (χ3n) is 3.81. The summed E-state index contributed by atoms with van der Waals surface area (Å²) in [5.41, 5.74) is 0.625. The van der Waals surface area contributed by atoms with E-state index in [0.717, 1.165) is 0 Å². The quantitative estimate of drug-likeness (QED) is 0.652. The Morgan fingerprint density at radius 1 is 1.20 bits per heavy atom. The Labute approximate surface area is 143 Å². The second-order valence-corrected chi connectivity index (χ2v) is 5.57. The normalized spacial score (nSPS) is 15.9. The van der Waals surface area contributed by atoms with E-state index in [4.69, 9.17) is 14.2 Å². The van der Waals surface area contributed by atoms with Gasteiger partial charge in [-0.3, -0.25) is 9.59 Å². The summed E-state index contributed by atoms with van der Waals surface area (Å²) >= 11 is 0. The molecule has 130 valence electrons. The van der Waals surface area contributed by atoms with Crippen molar-refractivity contribution in [2.75, 3.05) is 7.11 Å². The zero-order chi connectivity index (χ0) is 18.1. The molecule has 1 atom stereocenters. The predicted octanol–water partition coefficient (Wildman–Crippen LogP) is 2.74. The summed E-state index contributed by atoms with van der Waals surface area (Å²) in [6.07, 6.45) is -0.650. The Hall–Kier alpha value is -3.22. The van der Waals surface area contributed by atoms with Crippen LogP contribution in [0.15, 0.2) is 30.3 Å². The maximum absolute atomic E-state index is 12.4. The van der Waals surface area contributed by atoms with Crippen molar-refractivity contribution in [3.63, 3.8) is 0 Å². The number of fused-ring (bicyclic) bond motifs is 1. The van der Waals surface area contributed by atoms with Crippen molar-refractivity contribution in [3.05, 3.63) is 41.5 Å². The van der Waals surface area contributed by atoms with Crippen LogP contribution in [-0.4, -0.2) is 29.1 Å². The number of ketones is 1. The van der Waals surface area contributed by atoms with E-state index >= 15 is 0 Å². The molecule has 0 aliphatic carbocycles. The second-order valence-electron chi connectivity index (χ2n) is 5.57. The molecular weight excluding hydrogens is 328 g/mol. The lowest BCUT2D eigenvalue weighted by atomic mass is 9.95. The molecule has 1 aliphatic rings. The molecule has 7 heteroatoms. The van der Waals surface area contributed by atoms with Gasteiger partial charge in [-0.05, 0) is 17.7 Å². The van der Waals surface area contributed by atoms with E-state index in [-0.39, 0.29) is 40.8 Å². The molecule has 0 spiro atoms. The molecule has 0 saturated heterocycles. The monoisotopic (exact) mass is 344 g/mol. The Morgan fingerprint density at radius 2 is 1.96 bits per heavy atom. The van der Waals surface area contributed by atoms with E-state index in [2.05, 4.69) is 0 Å². The maximum atomic E-state index is 12.4. The molecule has 0 saturated carbocycles. The highest BCUT2D eigenvalue weighted by Gasteiger charge is 2.31. The van der Waals surface area contributed by atoms with Gasteiger partial charge in [0.05, 0.1) is 13.5 Å². The van der Waals surface area contributed by atoms with Gasteiger partial charge in [-0.25, -0.2) is 0 Å². The number of phenolic OH excluding ortho intramolecular Hbond substituents is 2. The van der Waals surface area contributed by atoms with E-state index in [1.807, 2.05) is 0 Å². The summed E-state index contributed by atoms with van der Waals surface area (Å²) < 4.78 is 15.7. The van der Waals surface area contributed by atoms with Gasteiger partial charge in [0.25, 0.3) is 0 Å². The molecule has 7 nitrogen and oxygen atoms in total. The number of Topliss-reactive ketones (excluding diaryl/α,β-unsaturated/α-hetero) is 1. The molecule has 1 unspecified atom stereocenters. The van der Waals surface area contributed by atoms with Gasteiger partial charge in [-0.2, -0.15) is 0 Å². The predicted molar refractivity (Wildman–Crippen MR) is 86.4 cm³/mol. The first-order chi connectivity index (χ1) is 11.9. The SMILES string of the molecule is COc1ccc(C2CC(=O)c3c(O)cc(OC(C)=O)cc3O2)cc1O. The highest BCUT2D eigenvalue weighted by molar-refractivity contribution is 6.02. The zero-order valence-corrected chi connectivity index (χ0v) is 13.6. The molecule has 0 bridgehead atoms. The smallest absolute Gasteiger partial charge is 0.308 e. The van der Waals surface area contributed by atoms with Crippen molar-refractivity contribution in [2.24, 2.45) is 0 Å². The lowest BCUT2D eigenvalue weighted by Crippen LogP contribution is -2.20. The van der Waals surface area contributed by atoms with Crippen molar-refractivity contribution >= 4 is 11.8 Å². The maximum Gasteiger partial charge on any atom is 0.308 e. The number of hydrogen-bond donors (Lipinski definition) is 2. The van der Waals surface area contributed by atoms with E-state index in [0.29, 0.717) is 11.3 Å². The third-order valence-corrected chi connectivity index (χ3v) is 3.81. The van der Waals surface area contributed by atoms with Gasteiger partial charge >= 0.3 is 5.97 Å². The summed E-state index contributed by atoms with van der Waals surface area (Å²) in [5, 5.41) is 19.9. The van der Waals surface area contributed by atoms with Gasteiger partial charge in [0, 0.05) is 19.1 Å². The Morgan fingerprint density at radius 3 is 2.60 bits per heavy atom. The molecular formula is C18H16O7. The van der Waals surface area contributed by atoms with Gasteiger partial charge < -0.3 is 24.4 Å². The minimum Gasteiger partial charge on any atom is -0.507 e. The summed E-state index contributed by atoms with van der Waals surface area (Å²) in [5.74, 6) is -0.747. The largest absolute Gasteiger partial charge is 0.507 e. The van der Waals surface area contributed by atoms with E-state index < -0.39 is 12.1 Å². The van der Waals surface area contributed by atoms with Crippen molar-refractivity contribution in [2.45, 2.75) is 19.4 Å². The van der Waals surface area contributed by atoms with E-state index in [9.17, 15) is 19.8 Å². The number of esters is 1. The molecule has 0 aromatic heterocycles. The molecule has 3 rings (SSSR count). The van der Waals surface area contributed by atoms with Crippen LogP contribution in [0.2, 0.25) is 0 Å². The van der Waals surface area contributed by atoms with Gasteiger partial charge in [0.2, 0.25) is 0 Å². The van der Waals surface area contributed by atoms with Crippen molar-refractivity contribution in [1.29, 1.82) is 0 Å². The number of aromatic hydroxyl groups is 2. The van der Waals surface area contributed by atoms with Crippen LogP contribution in [0.3, 0.4) is 0 Å². The molecule has 0 amide bonds. The number of rotatable bonds is 3. The lowest BCUT2D eigenvalue weighted by molar-refractivity contribution is -0.131. The first-order valence-electron chi connectivity index (χ1n) is 7.51. The Bertz CT molecular complexity index is 857. The highest BCUT2D eigenvalue weighted by atomic mass is 16.5. The number of carbonyl (C=O) groups excluding carboxylic acids is 2. The van der Waals surface area contributed by atoms with E-state index in [1.54, 1.807) is 12.1 Å². The molecule has 2 N–H and O–H groups in total. The number of phenols is 2. The van der Waals surface area contributed by atoms with Gasteiger partial charge in [0.1, 0.15) is 28.9 Å². The van der Waals surface area contributed by atoms with Crippen LogP contribution in [0, 0.1) is 0 Å². The number of ether oxygens (including phenoxy) is 3. The fraction of sp³-hybridized carbons (Fsp3) is 0.222. The van der Waals surface area contributed by atoms with E-state index in [1.165, 1.54) is 32.2 Å². The van der Waals surface area contributed by atoms with Crippen molar-refractivity contribution in [1.82, 2.24) is 0 Å². The summed E-state index contributed by atoms with van der Waals surface area (Å²) in [6, 6.07) is 7.28. The molecule has 2 aromatic carbocycles. The Balaban J connectivity index is 1.96. The summed E-state index contributed by atoms with van der Waals surface area (Å²) in [6.45, 7) is 1.23. The van der Waals surface area contributed by atoms with Crippen LogP contribution < -0.4 is 14.2 Å². The standard InChI is InChI=1S/C18H16O7/c1-9(19)24-11-6-13(21)18-14(22)8-16(25-17(18)7-11)10-3-4-15(23-2)12(20)5-10/h3-7,16,20-21H,8H2,1-2H3. The topological polar surface area (TPSA) is 102 Å². The van der Waals surface area contributed by atoms with Crippen LogP contribution in [-0.2, 0) is 4.79 Å². The number of hydrogen-bond acceptors (Lipinski definition) is 7. The van der Waals surface area contributed by atoms with Crippen LogP contribution in [0.4, 0.5) is 0 Å². The summed E-state index contributed by atoms with van der Waals surface area (Å²) in [7, 11) is 1.44. The molecule has 0 fully saturated rings. The summed E-state index contributed by atoms with van der Waals surface area (Å²) in [4.78, 5) is 23.5. The van der Waals surface area contributed by atoms with Crippen LogP contribution in [0.25, 0.3) is 0 Å². The lowest BCUT2D eigenvalue weighted by Gasteiger charge is -2.26. The molecule has 1 heterocycles. The fourth-order valence-electron chi connectivity index (χ4n) is 2.73. The average molecular weight is 344 g/mol. The molecule has 0 radical (unpaired) electrons. The first-order valence-corrected chi connectivity index (χ1v) is 7.51. The van der Waals surface area contributed by atoms with Crippen LogP contribution in [0.5, 0.6) is 28.7 Å². The number of carbonyl (C=O) groups is 2. The molecule has 1 aliphatic heterocycles. The number of benzene rings is 2. The molecule has 25 heavy (non-hydrogen) atoms. The first kappa shape index (κ1) is 16.6. The van der Waals surface area contributed by atoms with Crippen molar-refractivity contribution in [3.8, 4) is 28.7 Å². The minimum absolute atomic E-state index is 0.000753. The third kappa shape index (κ3) is 3.21. The van der Waals surface area contributed by atoms with Crippen molar-refractivity contribution < 1.29 is 34.0 Å². The molecule has 2 aromatic rings. The van der Waals surface area contributed by atoms with Gasteiger partial charge in [-0.1, -0.05) is 6.07 Å². The fourth-order valence-corrected chi connectivity index (χ4v) is 2.73. The van der Waals surface area contributed by atoms with Crippen LogP contribution >= 0.6 is 0 Å². The minimum atomic E-state index is -0.649. The van der Waals surface area contributed by atoms with Gasteiger partial charge in [0.15, 0.2) is 17.3 Å². The van der Waals surface area contributed by atoms with Crippen LogP contribution in [0.1, 0.15) is 35.4 Å². The number of methoxy groups -OCH3 is 1. The Kier molecular flexibility index (Phi) is 4.22. The zero-order valence-electron chi connectivity index (χ0n) is 13.6. The second kappa shape index (κ2) is 6.35.